The normalized spacial score (nSPS) is 12.6. The number of aromatic nitrogens is 1. The van der Waals surface area contributed by atoms with Crippen LogP contribution in [-0.4, -0.2) is 10.1 Å². The van der Waals surface area contributed by atoms with Gasteiger partial charge in [0.2, 0.25) is 0 Å². The van der Waals surface area contributed by atoms with E-state index in [1.165, 1.54) is 0 Å². The molecule has 0 saturated heterocycles. The van der Waals surface area contributed by atoms with Crippen molar-refractivity contribution in [3.63, 3.8) is 0 Å². The Morgan fingerprint density at radius 2 is 2.25 bits per heavy atom. The second kappa shape index (κ2) is 4.94. The van der Waals surface area contributed by atoms with Gasteiger partial charge >= 0.3 is 0 Å². The van der Waals surface area contributed by atoms with Crippen LogP contribution in [0.15, 0.2) is 41.1 Å². The van der Waals surface area contributed by atoms with Gasteiger partial charge in [-0.15, -0.1) is 0 Å². The molecule has 3 heteroatoms. The largest absolute Gasteiger partial charge is 0.469 e. The van der Waals surface area contributed by atoms with Gasteiger partial charge in [0, 0.05) is 30.3 Å². The lowest BCUT2D eigenvalue weighted by atomic mass is 10.0. The van der Waals surface area contributed by atoms with Crippen molar-refractivity contribution in [2.75, 3.05) is 0 Å². The standard InChI is InChI=1S/C13H15NO2/c1-2-13-11(6-8-16-13)12(15)9-10-5-3-4-7-14-10/h3-8,12,15H,2,9H2,1H3. The molecule has 2 rings (SSSR count). The van der Waals surface area contributed by atoms with E-state index >= 15 is 0 Å². The molecule has 1 atom stereocenters. The van der Waals surface area contributed by atoms with Crippen molar-refractivity contribution in [1.29, 1.82) is 0 Å². The molecule has 3 nitrogen and oxygen atoms in total. The molecule has 0 fully saturated rings. The Hall–Kier alpha value is -1.61. The Balaban J connectivity index is 2.11. The highest BCUT2D eigenvalue weighted by Crippen LogP contribution is 2.22. The lowest BCUT2D eigenvalue weighted by Gasteiger charge is -2.09. The molecule has 2 aromatic rings. The summed E-state index contributed by atoms with van der Waals surface area (Å²) in [6, 6.07) is 7.53. The van der Waals surface area contributed by atoms with Crippen molar-refractivity contribution in [2.24, 2.45) is 0 Å². The maximum Gasteiger partial charge on any atom is 0.109 e. The molecule has 2 heterocycles. The van der Waals surface area contributed by atoms with Crippen LogP contribution in [0.25, 0.3) is 0 Å². The fourth-order valence-electron chi connectivity index (χ4n) is 1.76. The second-order valence-corrected chi connectivity index (χ2v) is 3.69. The molecule has 0 saturated carbocycles. The number of hydrogen-bond acceptors (Lipinski definition) is 3. The molecule has 0 aliphatic carbocycles. The van der Waals surface area contributed by atoms with Gasteiger partial charge in [-0.25, -0.2) is 0 Å². The van der Waals surface area contributed by atoms with Gasteiger partial charge in [-0.1, -0.05) is 13.0 Å². The molecule has 0 aliphatic heterocycles. The van der Waals surface area contributed by atoms with Crippen LogP contribution in [0.3, 0.4) is 0 Å². The van der Waals surface area contributed by atoms with Crippen molar-refractivity contribution in [1.82, 2.24) is 4.98 Å². The number of rotatable bonds is 4. The highest BCUT2D eigenvalue weighted by atomic mass is 16.3. The number of hydrogen-bond donors (Lipinski definition) is 1. The zero-order valence-corrected chi connectivity index (χ0v) is 9.26. The number of nitrogens with zero attached hydrogens (tertiary/aromatic N) is 1. The Kier molecular flexibility index (Phi) is 3.37. The predicted octanol–water partition coefficient (Wildman–Crippen LogP) is 2.51. The van der Waals surface area contributed by atoms with Crippen molar-refractivity contribution in [2.45, 2.75) is 25.9 Å². The van der Waals surface area contributed by atoms with Crippen LogP contribution >= 0.6 is 0 Å². The van der Waals surface area contributed by atoms with Crippen LogP contribution in [0.1, 0.15) is 30.0 Å². The maximum atomic E-state index is 10.1. The number of pyridine rings is 1. The summed E-state index contributed by atoms with van der Waals surface area (Å²) in [5, 5.41) is 10.1. The van der Waals surface area contributed by atoms with Gasteiger partial charge in [0.15, 0.2) is 0 Å². The third-order valence-corrected chi connectivity index (χ3v) is 2.59. The lowest BCUT2D eigenvalue weighted by Crippen LogP contribution is -2.04. The summed E-state index contributed by atoms with van der Waals surface area (Å²) in [6.45, 7) is 2.01. The number of aliphatic hydroxyl groups excluding tert-OH is 1. The third-order valence-electron chi connectivity index (χ3n) is 2.59. The highest BCUT2D eigenvalue weighted by molar-refractivity contribution is 5.21. The molecule has 0 amide bonds. The van der Waals surface area contributed by atoms with Gasteiger partial charge in [-0.2, -0.15) is 0 Å². The van der Waals surface area contributed by atoms with E-state index < -0.39 is 6.10 Å². The van der Waals surface area contributed by atoms with E-state index in [0.717, 1.165) is 23.4 Å². The van der Waals surface area contributed by atoms with Crippen LogP contribution in [0, 0.1) is 0 Å². The lowest BCUT2D eigenvalue weighted by molar-refractivity contribution is 0.174. The summed E-state index contributed by atoms with van der Waals surface area (Å²) in [5.41, 5.74) is 1.76. The van der Waals surface area contributed by atoms with Crippen molar-refractivity contribution < 1.29 is 9.52 Å². The predicted molar refractivity (Wildman–Crippen MR) is 61.0 cm³/mol. The molecular formula is C13H15NO2. The third kappa shape index (κ3) is 2.31. The first kappa shape index (κ1) is 10.9. The van der Waals surface area contributed by atoms with Gasteiger partial charge < -0.3 is 9.52 Å². The van der Waals surface area contributed by atoms with Gasteiger partial charge in [0.1, 0.15) is 5.76 Å². The van der Waals surface area contributed by atoms with Gasteiger partial charge in [-0.05, 0) is 18.2 Å². The quantitative estimate of drug-likeness (QED) is 0.855. The minimum absolute atomic E-state index is 0.521. The van der Waals surface area contributed by atoms with Crippen LogP contribution in [0.2, 0.25) is 0 Å². The van der Waals surface area contributed by atoms with Crippen LogP contribution in [0.4, 0.5) is 0 Å². The summed E-state index contributed by atoms with van der Waals surface area (Å²) < 4.78 is 5.29. The van der Waals surface area contributed by atoms with Gasteiger partial charge in [-0.3, -0.25) is 4.98 Å². The Morgan fingerprint density at radius 3 is 2.94 bits per heavy atom. The number of aryl methyl sites for hydroxylation is 1. The first-order chi connectivity index (χ1) is 7.81. The van der Waals surface area contributed by atoms with E-state index in [1.54, 1.807) is 12.5 Å². The van der Waals surface area contributed by atoms with E-state index in [0.29, 0.717) is 6.42 Å². The Bertz CT molecular complexity index is 436. The zero-order chi connectivity index (χ0) is 11.4. The first-order valence-electron chi connectivity index (χ1n) is 5.45. The molecule has 84 valence electrons. The fourth-order valence-corrected chi connectivity index (χ4v) is 1.76. The molecule has 1 N–H and O–H groups in total. The van der Waals surface area contributed by atoms with E-state index in [9.17, 15) is 5.11 Å². The van der Waals surface area contributed by atoms with E-state index in [4.69, 9.17) is 4.42 Å². The average Bonchev–Trinajstić information content (AvgIpc) is 2.78. The molecule has 1 unspecified atom stereocenters. The summed E-state index contributed by atoms with van der Waals surface area (Å²) >= 11 is 0. The minimum Gasteiger partial charge on any atom is -0.469 e. The van der Waals surface area contributed by atoms with E-state index in [1.807, 2.05) is 31.2 Å². The summed E-state index contributed by atoms with van der Waals surface area (Å²) in [7, 11) is 0. The van der Waals surface area contributed by atoms with Crippen LogP contribution in [-0.2, 0) is 12.8 Å². The topological polar surface area (TPSA) is 46.3 Å². The molecule has 0 radical (unpaired) electrons. The van der Waals surface area contributed by atoms with Crippen LogP contribution in [0.5, 0.6) is 0 Å². The van der Waals surface area contributed by atoms with Crippen LogP contribution < -0.4 is 0 Å². The molecule has 0 aliphatic rings. The van der Waals surface area contributed by atoms with Gasteiger partial charge in [0.05, 0.1) is 12.4 Å². The first-order valence-corrected chi connectivity index (χ1v) is 5.45. The fraction of sp³-hybridized carbons (Fsp3) is 0.308. The van der Waals surface area contributed by atoms with Gasteiger partial charge in [0.25, 0.3) is 0 Å². The summed E-state index contributed by atoms with van der Waals surface area (Å²) in [6.07, 6.45) is 4.13. The summed E-state index contributed by atoms with van der Waals surface area (Å²) in [4.78, 5) is 4.19. The number of aliphatic hydroxyl groups is 1. The monoisotopic (exact) mass is 217 g/mol. The average molecular weight is 217 g/mol. The van der Waals surface area contributed by atoms with Crippen molar-refractivity contribution in [3.8, 4) is 0 Å². The second-order valence-electron chi connectivity index (χ2n) is 3.69. The molecule has 2 aromatic heterocycles. The Labute approximate surface area is 94.8 Å². The number of furan rings is 1. The molecule has 0 aromatic carbocycles. The van der Waals surface area contributed by atoms with E-state index in [2.05, 4.69) is 4.98 Å². The zero-order valence-electron chi connectivity index (χ0n) is 9.26. The molecule has 0 bridgehead atoms. The Morgan fingerprint density at radius 1 is 1.38 bits per heavy atom. The molecule has 16 heavy (non-hydrogen) atoms. The minimum atomic E-state index is -0.538. The molecular weight excluding hydrogens is 202 g/mol. The summed E-state index contributed by atoms with van der Waals surface area (Å²) in [5.74, 6) is 0.850. The van der Waals surface area contributed by atoms with E-state index in [-0.39, 0.29) is 0 Å². The maximum absolute atomic E-state index is 10.1. The van der Waals surface area contributed by atoms with Crippen molar-refractivity contribution in [3.05, 3.63) is 53.7 Å². The molecule has 0 spiro atoms. The SMILES string of the molecule is CCc1occc1C(O)Cc1ccccn1. The van der Waals surface area contributed by atoms with Crippen molar-refractivity contribution >= 4 is 0 Å². The smallest absolute Gasteiger partial charge is 0.109 e. The highest BCUT2D eigenvalue weighted by Gasteiger charge is 2.14.